The maximum Gasteiger partial charge on any atom is 0.227 e. The lowest BCUT2D eigenvalue weighted by Gasteiger charge is -2.13. The van der Waals surface area contributed by atoms with Crippen LogP contribution < -0.4 is 10.1 Å². The molecule has 0 atom stereocenters. The fourth-order valence-electron chi connectivity index (χ4n) is 3.57. The number of unbranched alkanes of at least 4 members (excludes halogenated alkanes) is 7. The van der Waals surface area contributed by atoms with Crippen molar-refractivity contribution >= 4 is 34.8 Å². The van der Waals surface area contributed by atoms with E-state index in [2.05, 4.69) is 18.3 Å². The van der Waals surface area contributed by atoms with Gasteiger partial charge in [-0.3, -0.25) is 4.79 Å². The van der Waals surface area contributed by atoms with Crippen LogP contribution in [0, 0.1) is 6.92 Å². The lowest BCUT2D eigenvalue weighted by Crippen LogP contribution is -2.15. The van der Waals surface area contributed by atoms with Gasteiger partial charge in [-0.05, 0) is 43.0 Å². The Morgan fingerprint density at radius 3 is 2.41 bits per heavy atom. The second-order valence-electron chi connectivity index (χ2n) is 8.17. The second kappa shape index (κ2) is 14.3. The van der Waals surface area contributed by atoms with E-state index in [0.29, 0.717) is 10.6 Å². The van der Waals surface area contributed by atoms with E-state index in [0.717, 1.165) is 18.6 Å². The highest BCUT2D eigenvalue weighted by atomic mass is 35.5. The quantitative estimate of drug-likeness (QED) is 0.212. The van der Waals surface area contributed by atoms with Gasteiger partial charge in [0.25, 0.3) is 0 Å². The van der Waals surface area contributed by atoms with Crippen LogP contribution in [0.1, 0.15) is 75.8 Å². The van der Waals surface area contributed by atoms with Crippen molar-refractivity contribution in [3.8, 4) is 11.5 Å². The van der Waals surface area contributed by atoms with Crippen molar-refractivity contribution in [1.82, 2.24) is 0 Å². The summed E-state index contributed by atoms with van der Waals surface area (Å²) >= 11 is 12.1. The number of halogens is 2. The van der Waals surface area contributed by atoms with Crippen LogP contribution in [0.25, 0.3) is 0 Å². The first-order valence-corrected chi connectivity index (χ1v) is 12.4. The topological polar surface area (TPSA) is 58.6 Å². The van der Waals surface area contributed by atoms with Gasteiger partial charge in [-0.15, -0.1) is 0 Å². The number of hydrogen-bond donors (Lipinski definition) is 2. The van der Waals surface area contributed by atoms with Gasteiger partial charge in [-0.1, -0.05) is 93.3 Å². The molecule has 2 aromatic rings. The lowest BCUT2D eigenvalue weighted by atomic mass is 10.0. The average molecular weight is 480 g/mol. The smallest absolute Gasteiger partial charge is 0.227 e. The fourth-order valence-corrected chi connectivity index (χ4v) is 4.02. The van der Waals surface area contributed by atoms with Gasteiger partial charge in [0.1, 0.15) is 5.75 Å². The largest absolute Gasteiger partial charge is 0.504 e. The Labute approximate surface area is 202 Å². The van der Waals surface area contributed by atoms with Crippen molar-refractivity contribution in [2.75, 3.05) is 11.9 Å². The number of amides is 1. The van der Waals surface area contributed by atoms with Crippen molar-refractivity contribution in [3.05, 3.63) is 51.5 Å². The number of para-hydroxylation sites is 1. The van der Waals surface area contributed by atoms with Gasteiger partial charge in [-0.2, -0.15) is 0 Å². The normalized spacial score (nSPS) is 10.9. The molecule has 6 heteroatoms. The molecule has 0 radical (unpaired) electrons. The molecule has 0 unspecified atom stereocenters. The highest BCUT2D eigenvalue weighted by Gasteiger charge is 2.15. The molecular weight excluding hydrogens is 445 g/mol. The summed E-state index contributed by atoms with van der Waals surface area (Å²) in [5.41, 5.74) is 1.94. The van der Waals surface area contributed by atoms with Gasteiger partial charge in [-0.25, -0.2) is 0 Å². The number of aromatic hydroxyl groups is 1. The van der Waals surface area contributed by atoms with Gasteiger partial charge in [0.2, 0.25) is 5.91 Å². The molecule has 0 aliphatic rings. The summed E-state index contributed by atoms with van der Waals surface area (Å²) in [7, 11) is 0. The third-order valence-electron chi connectivity index (χ3n) is 5.55. The number of ether oxygens (including phenoxy) is 1. The zero-order valence-electron chi connectivity index (χ0n) is 19.2. The first-order chi connectivity index (χ1) is 15.4. The molecule has 0 aliphatic carbocycles. The third kappa shape index (κ3) is 8.55. The predicted molar refractivity (Wildman–Crippen MR) is 134 cm³/mol. The number of aryl methyl sites for hydroxylation is 1. The summed E-state index contributed by atoms with van der Waals surface area (Å²) < 4.78 is 5.89. The van der Waals surface area contributed by atoms with Crippen LogP contribution >= 0.6 is 23.2 Å². The van der Waals surface area contributed by atoms with E-state index in [1.165, 1.54) is 56.6 Å². The standard InChI is InChI=1S/C26H35Cl2NO3/c1-3-4-5-6-7-8-9-10-13-20-14-11-12-15-23(20)32-17-16-24(30)29-22-18-21(27)19(2)25(28)26(22)31/h11-12,14-15,18,31H,3-10,13,16-17H2,1-2H3,(H,29,30). The summed E-state index contributed by atoms with van der Waals surface area (Å²) in [6.45, 7) is 4.19. The maximum absolute atomic E-state index is 12.3. The molecule has 0 aromatic heterocycles. The van der Waals surface area contributed by atoms with E-state index >= 15 is 0 Å². The molecule has 0 spiro atoms. The average Bonchev–Trinajstić information content (AvgIpc) is 2.78. The van der Waals surface area contributed by atoms with Crippen molar-refractivity contribution in [3.63, 3.8) is 0 Å². The van der Waals surface area contributed by atoms with E-state index in [4.69, 9.17) is 27.9 Å². The van der Waals surface area contributed by atoms with Crippen molar-refractivity contribution in [1.29, 1.82) is 0 Å². The summed E-state index contributed by atoms with van der Waals surface area (Å²) in [4.78, 5) is 12.3. The van der Waals surface area contributed by atoms with Crippen LogP contribution in [-0.2, 0) is 11.2 Å². The summed E-state index contributed by atoms with van der Waals surface area (Å²) in [6, 6.07) is 9.50. The molecule has 1 amide bonds. The number of hydrogen-bond acceptors (Lipinski definition) is 3. The first-order valence-electron chi connectivity index (χ1n) is 11.6. The van der Waals surface area contributed by atoms with Crippen molar-refractivity contribution in [2.45, 2.75) is 78.1 Å². The highest BCUT2D eigenvalue weighted by molar-refractivity contribution is 6.37. The Hall–Kier alpha value is -1.91. The Bertz CT molecular complexity index is 870. The van der Waals surface area contributed by atoms with E-state index in [1.54, 1.807) is 6.92 Å². The van der Waals surface area contributed by atoms with Crippen LogP contribution in [0.3, 0.4) is 0 Å². The molecule has 32 heavy (non-hydrogen) atoms. The van der Waals surface area contributed by atoms with Crippen LogP contribution in [0.15, 0.2) is 30.3 Å². The highest BCUT2D eigenvalue weighted by Crippen LogP contribution is 2.38. The minimum Gasteiger partial charge on any atom is -0.504 e. The van der Waals surface area contributed by atoms with Gasteiger partial charge in [0.05, 0.1) is 23.7 Å². The Morgan fingerprint density at radius 2 is 1.69 bits per heavy atom. The minimum atomic E-state index is -0.281. The summed E-state index contributed by atoms with van der Waals surface area (Å²) in [6.07, 6.45) is 11.4. The minimum absolute atomic E-state index is 0.138. The monoisotopic (exact) mass is 479 g/mol. The SMILES string of the molecule is CCCCCCCCCCc1ccccc1OCCC(=O)Nc1cc(Cl)c(C)c(Cl)c1O. The van der Waals surface area contributed by atoms with Gasteiger partial charge in [0, 0.05) is 5.02 Å². The van der Waals surface area contributed by atoms with Crippen LogP contribution in [0.4, 0.5) is 5.69 Å². The lowest BCUT2D eigenvalue weighted by molar-refractivity contribution is -0.116. The number of carbonyl (C=O) groups is 1. The Balaban J connectivity index is 1.76. The molecular formula is C26H35Cl2NO3. The molecule has 0 saturated carbocycles. The number of rotatable bonds is 14. The molecule has 2 aromatic carbocycles. The molecule has 176 valence electrons. The van der Waals surface area contributed by atoms with Crippen LogP contribution in [0.2, 0.25) is 10.0 Å². The number of carbonyl (C=O) groups excluding carboxylic acids is 1. The summed E-state index contributed by atoms with van der Waals surface area (Å²) in [5.74, 6) is 0.364. The van der Waals surface area contributed by atoms with Crippen molar-refractivity contribution in [2.24, 2.45) is 0 Å². The zero-order chi connectivity index (χ0) is 23.3. The van der Waals surface area contributed by atoms with E-state index in [-0.39, 0.29) is 35.4 Å². The summed E-state index contributed by atoms with van der Waals surface area (Å²) in [5, 5.41) is 13.3. The third-order valence-corrected chi connectivity index (χ3v) is 6.41. The maximum atomic E-state index is 12.3. The number of anilines is 1. The zero-order valence-corrected chi connectivity index (χ0v) is 20.7. The fraction of sp³-hybridized carbons (Fsp3) is 0.500. The van der Waals surface area contributed by atoms with Crippen molar-refractivity contribution < 1.29 is 14.6 Å². The molecule has 4 nitrogen and oxygen atoms in total. The molecule has 0 heterocycles. The molecule has 0 bridgehead atoms. The number of nitrogens with one attached hydrogen (secondary N) is 1. The van der Waals surface area contributed by atoms with E-state index in [1.807, 2.05) is 18.2 Å². The molecule has 0 saturated heterocycles. The van der Waals surface area contributed by atoms with Crippen LogP contribution in [0.5, 0.6) is 11.5 Å². The molecule has 2 N–H and O–H groups in total. The van der Waals surface area contributed by atoms with E-state index < -0.39 is 0 Å². The van der Waals surface area contributed by atoms with Gasteiger partial charge >= 0.3 is 0 Å². The Kier molecular flexibility index (Phi) is 11.8. The number of benzene rings is 2. The molecule has 2 rings (SSSR count). The molecule has 0 fully saturated rings. The van der Waals surface area contributed by atoms with Gasteiger partial charge < -0.3 is 15.2 Å². The Morgan fingerprint density at radius 1 is 1.03 bits per heavy atom. The van der Waals surface area contributed by atoms with Crippen LogP contribution in [-0.4, -0.2) is 17.6 Å². The first kappa shape index (κ1) is 26.3. The second-order valence-corrected chi connectivity index (χ2v) is 8.96. The van der Waals surface area contributed by atoms with Gasteiger partial charge in [0.15, 0.2) is 5.75 Å². The number of phenols is 1. The number of phenolic OH excluding ortho intramolecular Hbond substituents is 1. The van der Waals surface area contributed by atoms with E-state index in [9.17, 15) is 9.90 Å². The predicted octanol–water partition coefficient (Wildman–Crippen LogP) is 8.10. The molecule has 0 aliphatic heterocycles.